The number of amides is 1. The first-order chi connectivity index (χ1) is 19.8. The lowest BCUT2D eigenvalue weighted by molar-refractivity contribution is -0.113. The van der Waals surface area contributed by atoms with Gasteiger partial charge in [-0.3, -0.25) is 28.4 Å². The number of piperazine rings is 1. The van der Waals surface area contributed by atoms with Gasteiger partial charge in [0.2, 0.25) is 0 Å². The fraction of sp³-hybridized carbons (Fsp3) is 0.276. The number of rotatable bonds is 5. The molecular formula is C29H29N7O3S2. The molecule has 12 heteroatoms. The molecule has 0 unspecified atom stereocenters. The Morgan fingerprint density at radius 1 is 0.976 bits per heavy atom. The van der Waals surface area contributed by atoms with Crippen LogP contribution in [-0.2, 0) is 11.8 Å². The van der Waals surface area contributed by atoms with Crippen LogP contribution in [0.15, 0.2) is 69.2 Å². The smallest absolute Gasteiger partial charge is 0.296 e. The van der Waals surface area contributed by atoms with Gasteiger partial charge in [0.1, 0.15) is 17.2 Å². The minimum atomic E-state index is -0.440. The topological polar surface area (TPSA) is 88.1 Å². The number of thiocarbonyl (C=S) groups is 1. The van der Waals surface area contributed by atoms with Crippen molar-refractivity contribution in [2.45, 2.75) is 13.8 Å². The molecule has 0 atom stereocenters. The molecule has 4 aromatic rings. The van der Waals surface area contributed by atoms with E-state index >= 15 is 0 Å². The molecule has 0 N–H and O–H groups in total. The summed E-state index contributed by atoms with van der Waals surface area (Å²) in [5.41, 5.74) is 1.72. The molecule has 2 aliphatic rings. The molecule has 0 saturated carbocycles. The molecule has 10 nitrogen and oxygen atoms in total. The number of anilines is 2. The normalized spacial score (nSPS) is 17.4. The van der Waals surface area contributed by atoms with Crippen molar-refractivity contribution in [3.05, 3.63) is 91.6 Å². The van der Waals surface area contributed by atoms with Gasteiger partial charge in [0.05, 0.1) is 21.8 Å². The van der Waals surface area contributed by atoms with Crippen molar-refractivity contribution in [1.82, 2.24) is 23.6 Å². The van der Waals surface area contributed by atoms with Gasteiger partial charge in [0, 0.05) is 39.4 Å². The van der Waals surface area contributed by atoms with Crippen molar-refractivity contribution in [3.8, 4) is 5.69 Å². The predicted octanol–water partition coefficient (Wildman–Crippen LogP) is 3.04. The molecule has 6 rings (SSSR count). The highest BCUT2D eigenvalue weighted by Crippen LogP contribution is 2.37. The number of hydrogen-bond acceptors (Lipinski definition) is 8. The summed E-state index contributed by atoms with van der Waals surface area (Å²) in [7, 11) is 1.77. The van der Waals surface area contributed by atoms with Crippen LogP contribution in [0.2, 0.25) is 0 Å². The molecule has 210 valence electrons. The van der Waals surface area contributed by atoms with Crippen LogP contribution in [0.3, 0.4) is 0 Å². The fourth-order valence-corrected chi connectivity index (χ4v) is 6.59. The number of aromatic nitrogens is 4. The van der Waals surface area contributed by atoms with Crippen molar-refractivity contribution in [3.63, 3.8) is 0 Å². The van der Waals surface area contributed by atoms with Crippen LogP contribution in [-0.4, -0.2) is 66.6 Å². The Balaban J connectivity index is 1.44. The van der Waals surface area contributed by atoms with E-state index in [1.807, 2.05) is 36.4 Å². The van der Waals surface area contributed by atoms with Crippen LogP contribution in [0, 0.1) is 6.92 Å². The zero-order valence-corrected chi connectivity index (χ0v) is 24.6. The number of pyridine rings is 1. The van der Waals surface area contributed by atoms with Gasteiger partial charge >= 0.3 is 0 Å². The molecule has 3 aromatic heterocycles. The van der Waals surface area contributed by atoms with Crippen LogP contribution < -0.4 is 20.9 Å². The van der Waals surface area contributed by atoms with Crippen LogP contribution in [0.1, 0.15) is 18.2 Å². The molecule has 2 fully saturated rings. The molecule has 2 saturated heterocycles. The van der Waals surface area contributed by atoms with E-state index in [2.05, 4.69) is 16.7 Å². The number of benzene rings is 1. The Labute approximate surface area is 246 Å². The highest BCUT2D eigenvalue weighted by molar-refractivity contribution is 8.27. The number of para-hydroxylation sites is 1. The van der Waals surface area contributed by atoms with Gasteiger partial charge < -0.3 is 9.80 Å². The molecule has 0 aliphatic carbocycles. The third-order valence-corrected chi connectivity index (χ3v) is 8.99. The van der Waals surface area contributed by atoms with Crippen LogP contribution in [0.4, 0.5) is 11.5 Å². The van der Waals surface area contributed by atoms with E-state index in [1.165, 1.54) is 14.0 Å². The Kier molecular flexibility index (Phi) is 7.14. The van der Waals surface area contributed by atoms with Crippen molar-refractivity contribution in [2.24, 2.45) is 7.05 Å². The summed E-state index contributed by atoms with van der Waals surface area (Å²) < 4.78 is 4.95. The Morgan fingerprint density at radius 2 is 1.68 bits per heavy atom. The van der Waals surface area contributed by atoms with Gasteiger partial charge in [-0.2, -0.15) is 0 Å². The minimum absolute atomic E-state index is 0.200. The van der Waals surface area contributed by atoms with Gasteiger partial charge in [-0.25, -0.2) is 9.67 Å². The van der Waals surface area contributed by atoms with E-state index < -0.39 is 5.91 Å². The maximum Gasteiger partial charge on any atom is 0.296 e. The first kappa shape index (κ1) is 27.2. The monoisotopic (exact) mass is 587 g/mol. The third kappa shape index (κ3) is 4.61. The minimum Gasteiger partial charge on any atom is -0.353 e. The summed E-state index contributed by atoms with van der Waals surface area (Å²) in [4.78, 5) is 52.2. The van der Waals surface area contributed by atoms with Gasteiger partial charge in [-0.1, -0.05) is 55.2 Å². The molecule has 5 heterocycles. The molecule has 41 heavy (non-hydrogen) atoms. The van der Waals surface area contributed by atoms with E-state index in [-0.39, 0.29) is 26.0 Å². The van der Waals surface area contributed by atoms with Crippen molar-refractivity contribution < 1.29 is 4.79 Å². The van der Waals surface area contributed by atoms with E-state index in [4.69, 9.17) is 17.2 Å². The zero-order chi connectivity index (χ0) is 28.8. The fourth-order valence-electron chi connectivity index (χ4n) is 5.34. The molecule has 0 radical (unpaired) electrons. The van der Waals surface area contributed by atoms with Crippen molar-refractivity contribution in [2.75, 3.05) is 42.5 Å². The number of carbonyl (C=O) groups excluding carboxylic acids is 1. The van der Waals surface area contributed by atoms with Gasteiger partial charge in [-0.05, 0) is 43.8 Å². The summed E-state index contributed by atoms with van der Waals surface area (Å²) >= 11 is 6.71. The lowest BCUT2D eigenvalue weighted by Gasteiger charge is -2.35. The molecule has 0 spiro atoms. The summed E-state index contributed by atoms with van der Waals surface area (Å²) in [5, 5.41) is 0. The number of thioether (sulfide) groups is 1. The van der Waals surface area contributed by atoms with Gasteiger partial charge in [0.15, 0.2) is 4.32 Å². The number of likely N-dealkylation sites (N-methyl/N-ethyl adjacent to an activating group) is 1. The summed E-state index contributed by atoms with van der Waals surface area (Å²) in [6.07, 6.45) is 3.26. The van der Waals surface area contributed by atoms with Crippen LogP contribution in [0.25, 0.3) is 17.4 Å². The summed E-state index contributed by atoms with van der Waals surface area (Å²) in [6.45, 7) is 8.02. The maximum atomic E-state index is 13.9. The average molecular weight is 588 g/mol. The Hall–Kier alpha value is -4.00. The van der Waals surface area contributed by atoms with Crippen molar-refractivity contribution in [1.29, 1.82) is 0 Å². The first-order valence-corrected chi connectivity index (χ1v) is 14.6. The standard InChI is InChI=1S/C29H29N7O3S2/c1-4-32-14-16-33(17-15-32)25-21(26(37)34-13-9-8-12-23(34)30-25)18-22-27(38)35(29(40)41-22)24-19(2)31(3)36(28(24)39)20-10-6-5-7-11-20/h5-13,18H,4,14-17H2,1-3H3/b22-18+. The molecule has 1 aromatic carbocycles. The van der Waals surface area contributed by atoms with E-state index in [1.54, 1.807) is 43.1 Å². The quantitative estimate of drug-likeness (QED) is 0.260. The molecule has 0 bridgehead atoms. The van der Waals surface area contributed by atoms with E-state index in [9.17, 15) is 14.4 Å². The molecule has 2 aliphatic heterocycles. The van der Waals surface area contributed by atoms with Gasteiger partial charge in [0.25, 0.3) is 17.0 Å². The molecular weight excluding hydrogens is 558 g/mol. The number of fused-ring (bicyclic) bond motifs is 1. The largest absolute Gasteiger partial charge is 0.353 e. The summed E-state index contributed by atoms with van der Waals surface area (Å²) in [5.74, 6) is 0.106. The summed E-state index contributed by atoms with van der Waals surface area (Å²) in [6, 6.07) is 14.6. The lowest BCUT2D eigenvalue weighted by Crippen LogP contribution is -2.47. The Bertz CT molecular complexity index is 1830. The second-order valence-corrected chi connectivity index (χ2v) is 11.6. The second kappa shape index (κ2) is 10.8. The lowest BCUT2D eigenvalue weighted by atomic mass is 10.2. The molecule has 1 amide bonds. The van der Waals surface area contributed by atoms with Crippen LogP contribution in [0.5, 0.6) is 0 Å². The first-order valence-electron chi connectivity index (χ1n) is 13.4. The average Bonchev–Trinajstić information content (AvgIpc) is 3.39. The van der Waals surface area contributed by atoms with Gasteiger partial charge in [-0.15, -0.1) is 0 Å². The highest BCUT2D eigenvalue weighted by atomic mass is 32.2. The Morgan fingerprint density at radius 3 is 2.39 bits per heavy atom. The van der Waals surface area contributed by atoms with Crippen molar-refractivity contribution >= 4 is 57.4 Å². The maximum absolute atomic E-state index is 13.9. The predicted molar refractivity (Wildman–Crippen MR) is 167 cm³/mol. The number of hydrogen-bond donors (Lipinski definition) is 0. The number of nitrogens with zero attached hydrogens (tertiary/aromatic N) is 7. The SMILES string of the molecule is CCN1CCN(c2nc3ccccn3c(=O)c2/C=C2/SC(=S)N(c3c(C)n(C)n(-c4ccccc4)c3=O)C2=O)CC1. The van der Waals surface area contributed by atoms with E-state index in [0.29, 0.717) is 41.5 Å². The number of carbonyl (C=O) groups is 1. The third-order valence-electron chi connectivity index (χ3n) is 7.68. The van der Waals surface area contributed by atoms with Crippen LogP contribution >= 0.6 is 24.0 Å². The van der Waals surface area contributed by atoms with E-state index in [0.717, 1.165) is 31.4 Å². The second-order valence-electron chi connectivity index (χ2n) is 9.93. The zero-order valence-electron chi connectivity index (χ0n) is 23.0. The highest BCUT2D eigenvalue weighted by Gasteiger charge is 2.38.